The lowest BCUT2D eigenvalue weighted by Gasteiger charge is -2.16. The molecule has 0 heterocycles. The van der Waals surface area contributed by atoms with Crippen LogP contribution in [0.1, 0.15) is 27.6 Å². The predicted octanol–water partition coefficient (Wildman–Crippen LogP) is 3.74. The lowest BCUT2D eigenvalue weighted by molar-refractivity contribution is 0.0730. The van der Waals surface area contributed by atoms with E-state index in [1.807, 2.05) is 22.6 Å². The smallest absolute Gasteiger partial charge is 0.343 e. The van der Waals surface area contributed by atoms with Crippen molar-refractivity contribution in [3.8, 4) is 23.0 Å². The van der Waals surface area contributed by atoms with Gasteiger partial charge in [-0.15, -0.1) is 0 Å². The van der Waals surface area contributed by atoms with Gasteiger partial charge in [0.1, 0.15) is 22.8 Å². The highest BCUT2D eigenvalue weighted by molar-refractivity contribution is 14.1. The van der Waals surface area contributed by atoms with Crippen molar-refractivity contribution >= 4 is 34.3 Å². The number of Topliss-reactive ketones (excluding diaryl/α,β-unsaturated/α-hetero) is 1. The summed E-state index contributed by atoms with van der Waals surface area (Å²) in [5.74, 6) is 0.583. The van der Waals surface area contributed by atoms with Crippen LogP contribution in [0, 0.1) is 3.57 Å². The molecule has 0 unspecified atom stereocenters. The van der Waals surface area contributed by atoms with Gasteiger partial charge in [0.2, 0.25) is 0 Å². The molecule has 0 N–H and O–H groups in total. The monoisotopic (exact) mass is 456 g/mol. The Kier molecular flexibility index (Phi) is 6.24. The predicted molar refractivity (Wildman–Crippen MR) is 100 cm³/mol. The van der Waals surface area contributed by atoms with Crippen molar-refractivity contribution in [1.29, 1.82) is 0 Å². The molecule has 7 heteroatoms. The lowest BCUT2D eigenvalue weighted by Crippen LogP contribution is -2.13. The summed E-state index contributed by atoms with van der Waals surface area (Å²) < 4.78 is 21.6. The number of carbonyl (C=O) groups is 2. The van der Waals surface area contributed by atoms with Crippen LogP contribution in [0.5, 0.6) is 23.0 Å². The number of halogens is 1. The van der Waals surface area contributed by atoms with Crippen LogP contribution in [0.25, 0.3) is 0 Å². The molecule has 0 spiro atoms. The summed E-state index contributed by atoms with van der Waals surface area (Å²) in [6, 6.07) is 8.06. The molecule has 0 aliphatic heterocycles. The molecule has 0 aromatic heterocycles. The van der Waals surface area contributed by atoms with Crippen molar-refractivity contribution in [2.24, 2.45) is 0 Å². The van der Waals surface area contributed by atoms with E-state index in [-0.39, 0.29) is 22.8 Å². The Hall–Kier alpha value is -2.29. The normalized spacial score (nSPS) is 10.1. The highest BCUT2D eigenvalue weighted by Crippen LogP contribution is 2.40. The number of ether oxygens (including phenoxy) is 4. The van der Waals surface area contributed by atoms with E-state index in [1.54, 1.807) is 30.3 Å². The van der Waals surface area contributed by atoms with Crippen LogP contribution in [-0.2, 0) is 0 Å². The number of benzene rings is 2. The van der Waals surface area contributed by atoms with Gasteiger partial charge in [0.15, 0.2) is 11.5 Å². The highest BCUT2D eigenvalue weighted by Gasteiger charge is 2.25. The van der Waals surface area contributed by atoms with E-state index in [9.17, 15) is 9.59 Å². The van der Waals surface area contributed by atoms with Gasteiger partial charge in [-0.1, -0.05) is 0 Å². The first-order chi connectivity index (χ1) is 11.9. The SMILES string of the molecule is COc1ccc(C(=O)Oc2c(I)c(OC)cc(OC)c2C(C)=O)cc1. The Labute approximate surface area is 159 Å². The zero-order valence-electron chi connectivity index (χ0n) is 14.2. The quantitative estimate of drug-likeness (QED) is 0.286. The summed E-state index contributed by atoms with van der Waals surface area (Å²) >= 11 is 1.97. The highest BCUT2D eigenvalue weighted by atomic mass is 127. The zero-order valence-corrected chi connectivity index (χ0v) is 16.4. The molecule has 0 atom stereocenters. The summed E-state index contributed by atoms with van der Waals surface area (Å²) in [6.07, 6.45) is 0. The molecule has 0 saturated heterocycles. The molecule has 2 aromatic rings. The van der Waals surface area contributed by atoms with E-state index >= 15 is 0 Å². The third-order valence-corrected chi connectivity index (χ3v) is 4.49. The minimum atomic E-state index is -0.599. The summed E-state index contributed by atoms with van der Waals surface area (Å²) in [7, 11) is 4.46. The molecular weight excluding hydrogens is 439 g/mol. The van der Waals surface area contributed by atoms with Gasteiger partial charge >= 0.3 is 5.97 Å². The Morgan fingerprint density at radius 3 is 2.00 bits per heavy atom. The molecule has 0 amide bonds. The van der Waals surface area contributed by atoms with Gasteiger partial charge in [0.25, 0.3) is 0 Å². The second kappa shape index (κ2) is 8.19. The second-order valence-corrected chi connectivity index (χ2v) is 6.05. The molecule has 0 bridgehead atoms. The maximum absolute atomic E-state index is 12.5. The van der Waals surface area contributed by atoms with Crippen LogP contribution in [-0.4, -0.2) is 33.1 Å². The van der Waals surface area contributed by atoms with Crippen molar-refractivity contribution in [1.82, 2.24) is 0 Å². The minimum Gasteiger partial charge on any atom is -0.497 e. The van der Waals surface area contributed by atoms with Crippen LogP contribution in [0.15, 0.2) is 30.3 Å². The first-order valence-electron chi connectivity index (χ1n) is 7.24. The number of ketones is 1. The Bertz CT molecular complexity index is 798. The maximum Gasteiger partial charge on any atom is 0.343 e. The largest absolute Gasteiger partial charge is 0.497 e. The second-order valence-electron chi connectivity index (χ2n) is 4.97. The summed E-state index contributed by atoms with van der Waals surface area (Å²) in [6.45, 7) is 1.38. The number of esters is 1. The van der Waals surface area contributed by atoms with Gasteiger partial charge < -0.3 is 18.9 Å². The van der Waals surface area contributed by atoms with Crippen molar-refractivity contribution in [2.75, 3.05) is 21.3 Å². The Morgan fingerprint density at radius 1 is 0.920 bits per heavy atom. The maximum atomic E-state index is 12.5. The first-order valence-corrected chi connectivity index (χ1v) is 8.32. The van der Waals surface area contributed by atoms with Crippen LogP contribution in [0.2, 0.25) is 0 Å². The van der Waals surface area contributed by atoms with Gasteiger partial charge in [0, 0.05) is 6.07 Å². The molecule has 2 rings (SSSR count). The summed E-state index contributed by atoms with van der Waals surface area (Å²) in [5, 5.41) is 0. The van der Waals surface area contributed by atoms with E-state index in [0.29, 0.717) is 20.6 Å². The molecule has 0 aliphatic carbocycles. The fourth-order valence-corrected chi connectivity index (χ4v) is 2.96. The van der Waals surface area contributed by atoms with Crippen LogP contribution >= 0.6 is 22.6 Å². The van der Waals surface area contributed by atoms with Gasteiger partial charge in [-0.2, -0.15) is 0 Å². The summed E-state index contributed by atoms with van der Waals surface area (Å²) in [4.78, 5) is 24.5. The first kappa shape index (κ1) is 19.0. The number of carbonyl (C=O) groups excluding carboxylic acids is 2. The molecule has 0 aliphatic rings. The van der Waals surface area contributed by atoms with Gasteiger partial charge in [0.05, 0.1) is 30.5 Å². The average molecular weight is 456 g/mol. The number of hydrogen-bond donors (Lipinski definition) is 0. The molecular formula is C18H17IO6. The number of methoxy groups -OCH3 is 3. The van der Waals surface area contributed by atoms with Crippen molar-refractivity contribution < 1.29 is 28.5 Å². The Balaban J connectivity index is 2.49. The molecule has 0 fully saturated rings. The van der Waals surface area contributed by atoms with E-state index in [0.717, 1.165) is 0 Å². The number of hydrogen-bond acceptors (Lipinski definition) is 6. The molecule has 132 valence electrons. The fraction of sp³-hybridized carbons (Fsp3) is 0.222. The van der Waals surface area contributed by atoms with Crippen LogP contribution in [0.3, 0.4) is 0 Å². The number of rotatable bonds is 6. The third kappa shape index (κ3) is 4.04. The van der Waals surface area contributed by atoms with E-state index in [2.05, 4.69) is 0 Å². The van der Waals surface area contributed by atoms with Crippen molar-refractivity contribution in [3.05, 3.63) is 45.0 Å². The fourth-order valence-electron chi connectivity index (χ4n) is 2.21. The van der Waals surface area contributed by atoms with Gasteiger partial charge in [-0.3, -0.25) is 4.79 Å². The van der Waals surface area contributed by atoms with Crippen LogP contribution < -0.4 is 18.9 Å². The molecule has 2 aromatic carbocycles. The lowest BCUT2D eigenvalue weighted by atomic mass is 10.1. The van der Waals surface area contributed by atoms with E-state index < -0.39 is 5.97 Å². The average Bonchev–Trinajstić information content (AvgIpc) is 2.62. The third-order valence-electron chi connectivity index (χ3n) is 3.46. The van der Waals surface area contributed by atoms with E-state index in [1.165, 1.54) is 28.3 Å². The summed E-state index contributed by atoms with van der Waals surface area (Å²) in [5.41, 5.74) is 0.516. The van der Waals surface area contributed by atoms with Gasteiger partial charge in [-0.25, -0.2) is 4.79 Å². The van der Waals surface area contributed by atoms with Gasteiger partial charge in [-0.05, 0) is 53.8 Å². The zero-order chi connectivity index (χ0) is 18.6. The molecule has 6 nitrogen and oxygen atoms in total. The van der Waals surface area contributed by atoms with Crippen LogP contribution in [0.4, 0.5) is 0 Å². The Morgan fingerprint density at radius 2 is 1.52 bits per heavy atom. The topological polar surface area (TPSA) is 71.1 Å². The molecule has 25 heavy (non-hydrogen) atoms. The minimum absolute atomic E-state index is 0.116. The van der Waals surface area contributed by atoms with Crippen molar-refractivity contribution in [3.63, 3.8) is 0 Å². The van der Waals surface area contributed by atoms with E-state index in [4.69, 9.17) is 18.9 Å². The molecule has 0 saturated carbocycles. The molecule has 0 radical (unpaired) electrons. The standard InChI is InChI=1S/C18H17IO6/c1-10(20)15-13(23-3)9-14(24-4)16(19)17(15)25-18(21)11-5-7-12(22-2)8-6-11/h5-9H,1-4H3. The van der Waals surface area contributed by atoms with Crippen molar-refractivity contribution in [2.45, 2.75) is 6.92 Å².